The van der Waals surface area contributed by atoms with Crippen LogP contribution >= 0.6 is 46.4 Å². The van der Waals surface area contributed by atoms with Gasteiger partial charge in [-0.1, -0.05) is 46.4 Å². The lowest BCUT2D eigenvalue weighted by molar-refractivity contribution is 0.0682. The molecule has 0 radical (unpaired) electrons. The minimum Gasteiger partial charge on any atom is -0.505 e. The molecule has 4 N–H and O–H groups in total. The van der Waals surface area contributed by atoms with Gasteiger partial charge >= 0.3 is 11.9 Å². The van der Waals surface area contributed by atoms with Gasteiger partial charge in [0, 0.05) is 34.8 Å². The maximum Gasteiger partial charge on any atom is 0.339 e. The fraction of sp³-hybridized carbons (Fsp3) is 0. The first-order chi connectivity index (χ1) is 14.0. The van der Waals surface area contributed by atoms with Crippen molar-refractivity contribution in [3.05, 3.63) is 80.3 Å². The summed E-state index contributed by atoms with van der Waals surface area (Å²) in [7, 11) is 0. The number of aromatic nitrogens is 2. The Bertz CT molecular complexity index is 941. The Labute approximate surface area is 189 Å². The highest BCUT2D eigenvalue weighted by atomic mass is 35.5. The smallest absolute Gasteiger partial charge is 0.339 e. The van der Waals surface area contributed by atoms with E-state index in [-0.39, 0.29) is 31.2 Å². The van der Waals surface area contributed by atoms with Gasteiger partial charge in [0.15, 0.2) is 0 Å². The van der Waals surface area contributed by atoms with E-state index in [4.69, 9.17) is 66.8 Å². The number of hydrogen-bond acceptors (Lipinski definition) is 6. The van der Waals surface area contributed by atoms with E-state index < -0.39 is 23.4 Å². The number of rotatable bonds is 2. The molecule has 0 saturated carbocycles. The number of aromatic hydroxyl groups is 2. The normalized spacial score (nSPS) is 9.47. The van der Waals surface area contributed by atoms with Crippen molar-refractivity contribution < 1.29 is 30.0 Å². The molecule has 0 bridgehead atoms. The van der Waals surface area contributed by atoms with Crippen molar-refractivity contribution in [2.24, 2.45) is 0 Å². The van der Waals surface area contributed by atoms with Gasteiger partial charge in [-0.15, -0.1) is 0 Å². The maximum atomic E-state index is 10.4. The molecule has 0 fully saturated rings. The minimum absolute atomic E-state index is 0.0695. The third kappa shape index (κ3) is 7.92. The van der Waals surface area contributed by atoms with Crippen LogP contribution in [-0.2, 0) is 0 Å². The largest absolute Gasteiger partial charge is 0.505 e. The van der Waals surface area contributed by atoms with Gasteiger partial charge in [0.25, 0.3) is 0 Å². The van der Waals surface area contributed by atoms with Crippen LogP contribution in [0.1, 0.15) is 20.7 Å². The Morgan fingerprint density at radius 3 is 1.17 bits per heavy atom. The number of halogens is 4. The van der Waals surface area contributed by atoms with Gasteiger partial charge in [0.1, 0.15) is 22.6 Å². The first kappa shape index (κ1) is 25.3. The van der Waals surface area contributed by atoms with E-state index in [2.05, 4.69) is 9.97 Å². The highest BCUT2D eigenvalue weighted by molar-refractivity contribution is 6.36. The molecular weight excluding hydrogens is 482 g/mol. The van der Waals surface area contributed by atoms with Crippen molar-refractivity contribution in [1.29, 1.82) is 0 Å². The summed E-state index contributed by atoms with van der Waals surface area (Å²) in [6, 6.07) is 4.80. The molecular formula is C18H12Cl4N2O6. The maximum absolute atomic E-state index is 10.4. The third-order valence-corrected chi connectivity index (χ3v) is 4.01. The highest BCUT2D eigenvalue weighted by Crippen LogP contribution is 2.31. The molecule has 0 amide bonds. The lowest BCUT2D eigenvalue weighted by atomic mass is 10.2. The molecule has 0 aliphatic heterocycles. The Morgan fingerprint density at radius 2 is 0.933 bits per heavy atom. The van der Waals surface area contributed by atoms with E-state index in [0.717, 1.165) is 12.1 Å². The van der Waals surface area contributed by atoms with Crippen LogP contribution in [0, 0.1) is 0 Å². The Morgan fingerprint density at radius 1 is 0.633 bits per heavy atom. The van der Waals surface area contributed by atoms with Crippen molar-refractivity contribution in [2.75, 3.05) is 0 Å². The number of benzene rings is 2. The molecule has 1 heterocycles. The first-order valence-corrected chi connectivity index (χ1v) is 9.08. The second-order valence-corrected chi connectivity index (χ2v) is 6.76. The monoisotopic (exact) mass is 492 g/mol. The van der Waals surface area contributed by atoms with Crippen LogP contribution in [0.3, 0.4) is 0 Å². The number of carbonyl (C=O) groups is 2. The van der Waals surface area contributed by atoms with Crippen LogP contribution in [-0.4, -0.2) is 42.3 Å². The van der Waals surface area contributed by atoms with E-state index in [1.54, 1.807) is 24.8 Å². The van der Waals surface area contributed by atoms with Crippen LogP contribution in [0.15, 0.2) is 49.1 Å². The van der Waals surface area contributed by atoms with Gasteiger partial charge < -0.3 is 20.4 Å². The van der Waals surface area contributed by atoms with Crippen molar-refractivity contribution in [3.63, 3.8) is 0 Å². The molecule has 2 aromatic carbocycles. The van der Waals surface area contributed by atoms with Gasteiger partial charge in [-0.2, -0.15) is 0 Å². The molecule has 3 rings (SSSR count). The average molecular weight is 494 g/mol. The summed E-state index contributed by atoms with van der Waals surface area (Å²) in [6.45, 7) is 0. The minimum atomic E-state index is -1.27. The molecule has 0 spiro atoms. The van der Waals surface area contributed by atoms with Crippen LogP contribution < -0.4 is 0 Å². The molecule has 0 saturated heterocycles. The summed E-state index contributed by atoms with van der Waals surface area (Å²) in [4.78, 5) is 28.3. The Kier molecular flexibility index (Phi) is 10.1. The zero-order valence-electron chi connectivity index (χ0n) is 14.6. The summed E-state index contributed by atoms with van der Waals surface area (Å²) in [5.74, 6) is -3.46. The summed E-state index contributed by atoms with van der Waals surface area (Å²) in [5.41, 5.74) is -0.597. The Balaban J connectivity index is 0.000000237. The molecule has 0 aliphatic rings. The molecule has 158 valence electrons. The molecule has 1 aromatic heterocycles. The number of nitrogens with zero attached hydrogens (tertiary/aromatic N) is 2. The number of aromatic carboxylic acids is 2. The molecule has 30 heavy (non-hydrogen) atoms. The second kappa shape index (κ2) is 12.0. The van der Waals surface area contributed by atoms with Gasteiger partial charge in [0.05, 0.1) is 10.0 Å². The standard InChI is InChI=1S/2C7H4Cl2O3.C4H4N2/c2*8-3-1-4(7(11)12)6(10)5(9)2-3;1-2-6-4-3-5-1/h2*1-2,10H,(H,11,12);1-4H. The van der Waals surface area contributed by atoms with E-state index in [1.165, 1.54) is 12.1 Å². The quantitative estimate of drug-likeness (QED) is 0.378. The van der Waals surface area contributed by atoms with Crippen LogP contribution in [0.2, 0.25) is 20.1 Å². The van der Waals surface area contributed by atoms with Gasteiger partial charge in [0.2, 0.25) is 0 Å². The number of phenols is 2. The summed E-state index contributed by atoms with van der Waals surface area (Å²) < 4.78 is 0. The van der Waals surface area contributed by atoms with Crippen molar-refractivity contribution in [2.45, 2.75) is 0 Å². The SMILES string of the molecule is O=C(O)c1cc(Cl)cc(Cl)c1O.O=C(O)c1cc(Cl)cc(Cl)c1O.c1cnccn1. The average Bonchev–Trinajstić information content (AvgIpc) is 2.69. The molecule has 0 unspecified atom stereocenters. The number of hydrogen-bond donors (Lipinski definition) is 4. The second-order valence-electron chi connectivity index (χ2n) is 5.07. The van der Waals surface area contributed by atoms with E-state index in [1.807, 2.05) is 0 Å². The predicted molar refractivity (Wildman–Crippen MR) is 112 cm³/mol. The molecule has 12 heteroatoms. The van der Waals surface area contributed by atoms with Gasteiger partial charge in [-0.25, -0.2) is 9.59 Å². The lowest BCUT2D eigenvalue weighted by Gasteiger charge is -2.01. The predicted octanol–water partition coefficient (Wildman–Crippen LogP) is 5.27. The first-order valence-electron chi connectivity index (χ1n) is 7.57. The van der Waals surface area contributed by atoms with E-state index in [9.17, 15) is 9.59 Å². The molecule has 8 nitrogen and oxygen atoms in total. The van der Waals surface area contributed by atoms with Crippen LogP contribution in [0.5, 0.6) is 11.5 Å². The van der Waals surface area contributed by atoms with E-state index in [0.29, 0.717) is 0 Å². The lowest BCUT2D eigenvalue weighted by Crippen LogP contribution is -1.96. The highest BCUT2D eigenvalue weighted by Gasteiger charge is 2.14. The zero-order chi connectivity index (χ0) is 22.8. The fourth-order valence-corrected chi connectivity index (χ4v) is 2.70. The third-order valence-electron chi connectivity index (χ3n) is 2.99. The van der Waals surface area contributed by atoms with Gasteiger partial charge in [-0.05, 0) is 24.3 Å². The van der Waals surface area contributed by atoms with Crippen LogP contribution in [0.25, 0.3) is 0 Å². The zero-order valence-corrected chi connectivity index (χ0v) is 17.7. The number of carboxylic acids is 2. The molecule has 0 aliphatic carbocycles. The topological polar surface area (TPSA) is 141 Å². The van der Waals surface area contributed by atoms with E-state index >= 15 is 0 Å². The molecule has 0 atom stereocenters. The van der Waals surface area contributed by atoms with Crippen molar-refractivity contribution in [3.8, 4) is 11.5 Å². The summed E-state index contributed by atoms with van der Waals surface area (Å²) in [5, 5.41) is 35.5. The van der Waals surface area contributed by atoms with Crippen molar-refractivity contribution in [1.82, 2.24) is 9.97 Å². The van der Waals surface area contributed by atoms with Crippen molar-refractivity contribution >= 4 is 58.3 Å². The summed E-state index contributed by atoms with van der Waals surface area (Å²) in [6.07, 6.45) is 6.56. The number of carboxylic acid groups (broad SMARTS) is 2. The Hall–Kier alpha value is -2.78. The molecule has 3 aromatic rings. The van der Waals surface area contributed by atoms with Gasteiger partial charge in [-0.3, -0.25) is 9.97 Å². The fourth-order valence-electron chi connectivity index (χ4n) is 1.71. The van der Waals surface area contributed by atoms with Crippen LogP contribution in [0.4, 0.5) is 0 Å². The summed E-state index contributed by atoms with van der Waals surface area (Å²) >= 11 is 21.9.